The van der Waals surface area contributed by atoms with Gasteiger partial charge in [0.05, 0.1) is 0 Å². The van der Waals surface area contributed by atoms with Crippen LogP contribution in [0.3, 0.4) is 0 Å². The molecule has 0 fully saturated rings. The Morgan fingerprint density at radius 3 is 2.77 bits per heavy atom. The molecular weight excluding hydrogens is 176 g/mol. The molecule has 0 aromatic carbocycles. The summed E-state index contributed by atoms with van der Waals surface area (Å²) in [5.74, 6) is 0. The van der Waals surface area contributed by atoms with Gasteiger partial charge in [0.1, 0.15) is 0 Å². The molecule has 0 saturated carbocycles. The summed E-state index contributed by atoms with van der Waals surface area (Å²) in [5, 5.41) is 2.12. The minimum Gasteiger partial charge on any atom is -0.144 e. The quantitative estimate of drug-likeness (QED) is 0.657. The van der Waals surface area contributed by atoms with Gasteiger partial charge in [-0.2, -0.15) is 0 Å². The second-order valence-electron chi connectivity index (χ2n) is 4.09. The first kappa shape index (κ1) is 10.5. The number of thiophene rings is 1. The van der Waals surface area contributed by atoms with Gasteiger partial charge in [-0.3, -0.25) is 0 Å². The van der Waals surface area contributed by atoms with Gasteiger partial charge in [-0.05, 0) is 29.4 Å². The summed E-state index contributed by atoms with van der Waals surface area (Å²) in [5.41, 5.74) is 0.346. The third-order valence-corrected chi connectivity index (χ3v) is 2.97. The van der Waals surface area contributed by atoms with Crippen LogP contribution in [0.1, 0.15) is 38.5 Å². The molecule has 72 valence electrons. The van der Waals surface area contributed by atoms with Crippen LogP contribution in [-0.2, 0) is 0 Å². The summed E-state index contributed by atoms with van der Waals surface area (Å²) in [6.45, 7) is 6.82. The molecule has 1 heteroatoms. The van der Waals surface area contributed by atoms with E-state index in [9.17, 15) is 0 Å². The summed E-state index contributed by atoms with van der Waals surface area (Å²) in [6.07, 6.45) is 7.07. The molecule has 0 nitrogen and oxygen atoms in total. The molecule has 1 heterocycles. The topological polar surface area (TPSA) is 0 Å². The second kappa shape index (κ2) is 4.61. The van der Waals surface area contributed by atoms with Crippen LogP contribution in [0.25, 0.3) is 6.08 Å². The van der Waals surface area contributed by atoms with E-state index >= 15 is 0 Å². The molecular formula is C12H18S. The molecule has 0 N–H and O–H groups in total. The molecule has 0 aliphatic heterocycles. The third-order valence-electron chi connectivity index (χ3n) is 2.14. The van der Waals surface area contributed by atoms with E-state index in [2.05, 4.69) is 50.4 Å². The van der Waals surface area contributed by atoms with Crippen molar-refractivity contribution in [2.45, 2.75) is 33.6 Å². The van der Waals surface area contributed by atoms with Gasteiger partial charge < -0.3 is 0 Å². The molecule has 0 atom stereocenters. The van der Waals surface area contributed by atoms with Gasteiger partial charge in [-0.15, -0.1) is 11.3 Å². The Bertz CT molecular complexity index is 255. The molecule has 0 saturated heterocycles. The Kier molecular flexibility index (Phi) is 3.73. The molecule has 0 amide bonds. The van der Waals surface area contributed by atoms with Crippen molar-refractivity contribution in [3.63, 3.8) is 0 Å². The second-order valence-corrected chi connectivity index (χ2v) is 5.07. The Morgan fingerprint density at radius 1 is 1.46 bits per heavy atom. The highest BCUT2D eigenvalue weighted by Crippen LogP contribution is 2.25. The fourth-order valence-corrected chi connectivity index (χ4v) is 2.04. The lowest BCUT2D eigenvalue weighted by atomic mass is 9.88. The van der Waals surface area contributed by atoms with Crippen molar-refractivity contribution in [3.8, 4) is 0 Å². The number of rotatable bonds is 4. The number of hydrogen-bond donors (Lipinski definition) is 0. The Hall–Kier alpha value is -0.560. The SMILES string of the molecule is CCCC(C)(C)/C=C/c1cccs1. The maximum Gasteiger partial charge on any atom is 0.0267 e. The van der Waals surface area contributed by atoms with Gasteiger partial charge in [0.2, 0.25) is 0 Å². The molecule has 1 aromatic heterocycles. The molecule has 0 radical (unpaired) electrons. The van der Waals surface area contributed by atoms with Crippen molar-refractivity contribution in [2.24, 2.45) is 5.41 Å². The summed E-state index contributed by atoms with van der Waals surface area (Å²) in [4.78, 5) is 1.35. The van der Waals surface area contributed by atoms with Crippen LogP contribution >= 0.6 is 11.3 Å². The first-order chi connectivity index (χ1) is 6.14. The molecule has 0 aliphatic carbocycles. The minimum atomic E-state index is 0.346. The van der Waals surface area contributed by atoms with Crippen LogP contribution in [0.2, 0.25) is 0 Å². The lowest BCUT2D eigenvalue weighted by molar-refractivity contribution is 0.434. The molecule has 0 spiro atoms. The first-order valence-electron chi connectivity index (χ1n) is 4.87. The first-order valence-corrected chi connectivity index (χ1v) is 5.75. The maximum atomic E-state index is 2.32. The van der Waals surface area contributed by atoms with E-state index in [0.717, 1.165) is 0 Å². The van der Waals surface area contributed by atoms with Crippen LogP contribution in [0, 0.1) is 5.41 Å². The van der Waals surface area contributed by atoms with E-state index in [1.54, 1.807) is 11.3 Å². The largest absolute Gasteiger partial charge is 0.144 e. The maximum absolute atomic E-state index is 2.32. The van der Waals surface area contributed by atoms with E-state index in [1.165, 1.54) is 17.7 Å². The van der Waals surface area contributed by atoms with Gasteiger partial charge in [-0.1, -0.05) is 39.3 Å². The van der Waals surface area contributed by atoms with Crippen LogP contribution in [0.4, 0.5) is 0 Å². The van der Waals surface area contributed by atoms with Gasteiger partial charge in [-0.25, -0.2) is 0 Å². The van der Waals surface area contributed by atoms with Crippen molar-refractivity contribution >= 4 is 17.4 Å². The molecule has 1 aromatic rings. The third kappa shape index (κ3) is 3.77. The smallest absolute Gasteiger partial charge is 0.0267 e. The predicted molar refractivity (Wildman–Crippen MR) is 62.0 cm³/mol. The van der Waals surface area contributed by atoms with Crippen molar-refractivity contribution in [2.75, 3.05) is 0 Å². The van der Waals surface area contributed by atoms with Crippen molar-refractivity contribution in [3.05, 3.63) is 28.5 Å². The van der Waals surface area contributed by atoms with E-state index in [1.807, 2.05) is 0 Å². The predicted octanol–water partition coefficient (Wildman–Crippen LogP) is 4.59. The van der Waals surface area contributed by atoms with Gasteiger partial charge in [0.25, 0.3) is 0 Å². The van der Waals surface area contributed by atoms with Crippen LogP contribution in [0.5, 0.6) is 0 Å². The average molecular weight is 194 g/mol. The summed E-state index contributed by atoms with van der Waals surface area (Å²) in [7, 11) is 0. The zero-order valence-electron chi connectivity index (χ0n) is 8.71. The van der Waals surface area contributed by atoms with Crippen molar-refractivity contribution in [1.82, 2.24) is 0 Å². The Morgan fingerprint density at radius 2 is 2.23 bits per heavy atom. The summed E-state index contributed by atoms with van der Waals surface area (Å²) < 4.78 is 0. The number of hydrogen-bond acceptors (Lipinski definition) is 1. The molecule has 0 unspecified atom stereocenters. The molecule has 0 bridgehead atoms. The Labute approximate surface area is 85.3 Å². The zero-order chi connectivity index (χ0) is 9.73. The average Bonchev–Trinajstić information content (AvgIpc) is 2.52. The van der Waals surface area contributed by atoms with Gasteiger partial charge in [0, 0.05) is 4.88 Å². The fourth-order valence-electron chi connectivity index (χ4n) is 1.42. The lowest BCUT2D eigenvalue weighted by Gasteiger charge is -2.18. The highest BCUT2D eigenvalue weighted by atomic mass is 32.1. The summed E-state index contributed by atoms with van der Waals surface area (Å²) >= 11 is 1.79. The Balaban J connectivity index is 2.57. The van der Waals surface area contributed by atoms with Crippen LogP contribution in [0.15, 0.2) is 23.6 Å². The number of allylic oxidation sites excluding steroid dienone is 1. The van der Waals surface area contributed by atoms with E-state index in [-0.39, 0.29) is 0 Å². The van der Waals surface area contributed by atoms with Gasteiger partial charge in [0.15, 0.2) is 0 Å². The molecule has 1 rings (SSSR count). The standard InChI is InChI=1S/C12H18S/c1-4-8-12(2,3)9-7-11-6-5-10-13-11/h5-7,9-10H,4,8H2,1-3H3/b9-7+. The molecule has 13 heavy (non-hydrogen) atoms. The highest BCUT2D eigenvalue weighted by Gasteiger charge is 2.11. The van der Waals surface area contributed by atoms with Crippen molar-refractivity contribution in [1.29, 1.82) is 0 Å². The van der Waals surface area contributed by atoms with Crippen LogP contribution in [-0.4, -0.2) is 0 Å². The highest BCUT2D eigenvalue weighted by molar-refractivity contribution is 7.10. The van der Waals surface area contributed by atoms with Crippen LogP contribution < -0.4 is 0 Å². The van der Waals surface area contributed by atoms with E-state index < -0.39 is 0 Å². The van der Waals surface area contributed by atoms with Gasteiger partial charge >= 0.3 is 0 Å². The lowest BCUT2D eigenvalue weighted by Crippen LogP contribution is -2.05. The summed E-state index contributed by atoms with van der Waals surface area (Å²) in [6, 6.07) is 4.25. The monoisotopic (exact) mass is 194 g/mol. The van der Waals surface area contributed by atoms with E-state index in [0.29, 0.717) is 5.41 Å². The normalized spacial score (nSPS) is 12.5. The fraction of sp³-hybridized carbons (Fsp3) is 0.500. The minimum absolute atomic E-state index is 0.346. The molecule has 0 aliphatic rings. The van der Waals surface area contributed by atoms with E-state index in [4.69, 9.17) is 0 Å². The zero-order valence-corrected chi connectivity index (χ0v) is 9.53. The van der Waals surface area contributed by atoms with Crippen molar-refractivity contribution < 1.29 is 0 Å².